The van der Waals surface area contributed by atoms with Crippen LogP contribution in [-0.2, 0) is 74.4 Å². The molecule has 0 amide bonds. The molecule has 11 atom stereocenters. The maximum atomic E-state index is 12.8. The molecule has 7 aliphatic carbocycles. The lowest BCUT2D eigenvalue weighted by molar-refractivity contribution is -0.138. The van der Waals surface area contributed by atoms with Crippen LogP contribution < -0.4 is 64.7 Å². The summed E-state index contributed by atoms with van der Waals surface area (Å²) in [5.74, 6) is 8.45. The lowest BCUT2D eigenvalue weighted by Crippen LogP contribution is -2.36. The van der Waals surface area contributed by atoms with Crippen molar-refractivity contribution in [1.29, 1.82) is 0 Å². The third-order valence-corrected chi connectivity index (χ3v) is 32.2. The first-order valence-corrected chi connectivity index (χ1v) is 58.1. The SMILES string of the molecule is CC(C)S(=O)[O-].CC(C)S(=O)[O-].CC(C)S(=O)[O-].CC(C)S(=O)[O-].CC(C)S(=O)[O-].CC1CCC(Oc2ccc(NCC3CCC(N)CC3)cc2)C1C.CCc1cc(NCC2CCC(N)CC2)ccc1C(F)(F)F.CCc1cc(NCC2CCC(N)CC2)ccc1OC1CCCC1.Cc1cc(-c2ncco2)ccc1NCC1CC[C@@H](N)C(C)C1.Cc1csc(-c2ccc(NCC3CCC(N)CC3)c(C)c2)c1. The van der Waals surface area contributed by atoms with E-state index in [1.165, 1.54) is 196 Å². The van der Waals surface area contributed by atoms with E-state index in [9.17, 15) is 57.0 Å². The molecule has 7 saturated carbocycles. The molecular weight excluding hydrogens is 1910 g/mol. The van der Waals surface area contributed by atoms with E-state index >= 15 is 0 Å². The minimum atomic E-state index is -4.27. The van der Waals surface area contributed by atoms with Gasteiger partial charge in [-0.15, -0.1) is 11.3 Å². The average Bonchev–Trinajstić information content (AvgIpc) is 1.77. The van der Waals surface area contributed by atoms with Gasteiger partial charge in [0.05, 0.1) is 17.9 Å². The van der Waals surface area contributed by atoms with E-state index in [4.69, 9.17) is 42.6 Å². The van der Waals surface area contributed by atoms with E-state index in [-0.39, 0.29) is 26.2 Å². The van der Waals surface area contributed by atoms with Crippen molar-refractivity contribution in [2.24, 2.45) is 76.0 Å². The topological polar surface area (TPSA) is 435 Å². The molecule has 2 aromatic heterocycles. The molecule has 33 heteroatoms. The van der Waals surface area contributed by atoms with Crippen molar-refractivity contribution in [3.05, 3.63) is 154 Å². The quantitative estimate of drug-likeness (QED) is 0.0204. The molecular formula is C108H173F3N11O13S6-5. The van der Waals surface area contributed by atoms with Crippen molar-refractivity contribution < 1.29 is 70.9 Å². The van der Waals surface area contributed by atoms with Gasteiger partial charge in [-0.25, -0.2) is 4.98 Å². The molecule has 0 saturated heterocycles. The zero-order valence-electron chi connectivity index (χ0n) is 87.4. The fraction of sp³-hybridized carbons (Fsp3) is 0.657. The predicted octanol–water partition coefficient (Wildman–Crippen LogP) is 23.3. The van der Waals surface area contributed by atoms with Crippen LogP contribution in [0.15, 0.2) is 125 Å². The van der Waals surface area contributed by atoms with Crippen LogP contribution in [0.25, 0.3) is 21.9 Å². The average molecular weight is 2080 g/mol. The van der Waals surface area contributed by atoms with E-state index < -0.39 is 67.1 Å². The van der Waals surface area contributed by atoms with Crippen molar-refractivity contribution >= 4 is 95.2 Å². The van der Waals surface area contributed by atoms with Crippen molar-refractivity contribution in [2.45, 2.75) is 373 Å². The second-order valence-electron chi connectivity index (χ2n) is 40.8. The van der Waals surface area contributed by atoms with Gasteiger partial charge in [-0.3, -0.25) is 21.0 Å². The van der Waals surface area contributed by atoms with Crippen molar-refractivity contribution in [3.8, 4) is 33.4 Å². The predicted molar refractivity (Wildman–Crippen MR) is 581 cm³/mol. The number of ether oxygens (including phenoxy) is 2. The normalized spacial score (nSPS) is 23.8. The van der Waals surface area contributed by atoms with Crippen LogP contribution in [0.4, 0.5) is 41.6 Å². The van der Waals surface area contributed by atoms with Crippen LogP contribution in [-0.4, -0.2) is 150 Å². The fourth-order valence-corrected chi connectivity index (χ4v) is 18.3. The Morgan fingerprint density at radius 1 is 0.440 bits per heavy atom. The maximum absolute atomic E-state index is 12.8. The zero-order valence-corrected chi connectivity index (χ0v) is 92.3. The van der Waals surface area contributed by atoms with Gasteiger partial charge >= 0.3 is 6.18 Å². The number of hydrogen-bond acceptors (Lipinski definition) is 25. The van der Waals surface area contributed by atoms with E-state index in [0.29, 0.717) is 78.0 Å². The van der Waals surface area contributed by atoms with Gasteiger partial charge in [0.25, 0.3) is 0 Å². The Kier molecular flexibility index (Phi) is 59.4. The number of nitrogens with two attached hydrogens (primary N) is 5. The highest BCUT2D eigenvalue weighted by molar-refractivity contribution is 7.80. The molecule has 24 nitrogen and oxygen atoms in total. The van der Waals surface area contributed by atoms with Crippen molar-refractivity contribution in [1.82, 2.24) is 4.98 Å². The number of aryl methyl sites for hydroxylation is 5. The summed E-state index contributed by atoms with van der Waals surface area (Å²) in [5.41, 5.74) is 43.0. The molecule has 0 aliphatic heterocycles. The molecule has 10 unspecified atom stereocenters. The Balaban J connectivity index is 0.000000289. The van der Waals surface area contributed by atoms with Gasteiger partial charge in [-0.05, 0) is 377 Å². The molecule has 800 valence electrons. The van der Waals surface area contributed by atoms with Crippen molar-refractivity contribution in [3.63, 3.8) is 0 Å². The van der Waals surface area contributed by atoms with E-state index in [2.05, 4.69) is 170 Å². The number of rotatable bonds is 28. The molecule has 5 aromatic carbocycles. The van der Waals surface area contributed by atoms with Gasteiger partial charge in [-0.2, -0.15) is 13.2 Å². The van der Waals surface area contributed by atoms with E-state index in [1.807, 2.05) is 11.3 Å². The van der Waals surface area contributed by atoms with Crippen LogP contribution >= 0.6 is 11.3 Å². The molecule has 0 bridgehead atoms. The molecule has 7 fully saturated rings. The first-order valence-electron chi connectivity index (χ1n) is 51.5. The Morgan fingerprint density at radius 2 is 0.823 bits per heavy atom. The van der Waals surface area contributed by atoms with Gasteiger partial charge in [-0.1, -0.05) is 165 Å². The first-order chi connectivity index (χ1) is 66.7. The molecule has 141 heavy (non-hydrogen) atoms. The van der Waals surface area contributed by atoms with Gasteiger partial charge in [0.1, 0.15) is 23.9 Å². The number of alkyl halides is 3. The van der Waals surface area contributed by atoms with Gasteiger partial charge in [0.15, 0.2) is 0 Å². The molecule has 0 spiro atoms. The van der Waals surface area contributed by atoms with Gasteiger partial charge < -0.3 is 91.9 Å². The second kappa shape index (κ2) is 66.9. The third kappa shape index (κ3) is 49.9. The van der Waals surface area contributed by atoms with Crippen LogP contribution in [0.2, 0.25) is 0 Å². The van der Waals surface area contributed by atoms with Crippen LogP contribution in [0.1, 0.15) is 298 Å². The summed E-state index contributed by atoms with van der Waals surface area (Å²) in [5, 5.41) is 18.8. The number of anilines is 5. The summed E-state index contributed by atoms with van der Waals surface area (Å²) in [6.45, 7) is 38.7. The summed E-state index contributed by atoms with van der Waals surface area (Å²) in [4.78, 5) is 5.55. The second-order valence-corrected chi connectivity index (χ2v) is 49.0. The summed E-state index contributed by atoms with van der Waals surface area (Å²) in [7, 11) is 0. The van der Waals surface area contributed by atoms with Gasteiger partial charge in [0, 0.05) is 128 Å². The summed E-state index contributed by atoms with van der Waals surface area (Å²) in [6, 6.07) is 36.8. The summed E-state index contributed by atoms with van der Waals surface area (Å²) < 4.78 is 153. The largest absolute Gasteiger partial charge is 0.772 e. The van der Waals surface area contributed by atoms with Gasteiger partial charge in [0.2, 0.25) is 5.89 Å². The van der Waals surface area contributed by atoms with Crippen molar-refractivity contribution in [2.75, 3.05) is 59.3 Å². The maximum Gasteiger partial charge on any atom is 0.416 e. The zero-order chi connectivity index (χ0) is 105. The number of halogens is 3. The monoisotopic (exact) mass is 2080 g/mol. The fourth-order valence-electron chi connectivity index (χ4n) is 17.4. The number of benzene rings is 5. The van der Waals surface area contributed by atoms with Crippen LogP contribution in [0.3, 0.4) is 0 Å². The lowest BCUT2D eigenvalue weighted by atomic mass is 9.79. The first kappa shape index (κ1) is 125. The summed E-state index contributed by atoms with van der Waals surface area (Å²) in [6.07, 6.45) is 31.3. The molecule has 14 rings (SSSR count). The summed E-state index contributed by atoms with van der Waals surface area (Å²) >= 11 is -7.52. The molecule has 2 heterocycles. The number of nitrogens with one attached hydrogen (secondary N) is 5. The Hall–Kier alpha value is -6.25. The minimum Gasteiger partial charge on any atom is -0.772 e. The number of aromatic nitrogens is 1. The Morgan fingerprint density at radius 3 is 1.19 bits per heavy atom. The standard InChI is InChI=1S/2C20H32N2O.C19H26N2S.C18H25N3O.C16H23F3N2.5C3H8O2S/c1-14-3-12-20(15(14)2)23-19-10-8-18(9-11-19)22-13-16-4-6-17(21)7-5-16;1-2-16-13-18(22-14-15-7-9-17(21)10-8-15)11-12-20(16)23-19-5-3-4-6-19;1-13-9-19(22-12-13)16-5-8-18(14(2)10-16)21-11-15-3-6-17(20)7-4-15;1-12-9-14(3-5-16(12)19)11-21-17-6-4-15(10-13(17)2)18-20-7-8-22-18;1-2-12-9-14(7-8-15(12)16(17,18)19)21-10-11-3-5-13(20)6-4-11;5*1-3(2)6(4)5/h8-11,14-17,20,22H,3-7,12-13,21H2,1-2H3;11-13,15,17,19,22H,2-10,14,21H2,1H3;5,8-10,12,15,17,21H,3-4,6-7,11,20H2,1-2H3;4,6-8,10,12,14,16,21H,3,5,9,11,19H2,1-2H3;7-9,11,13,21H,2-6,10,20H2,1H3;5*3H,1-2H3,(H,4,5)/p-5/t;;;12?,14?,16-;;;;;;/m...1....../s1. The van der Waals surface area contributed by atoms with E-state index in [0.717, 1.165) is 124 Å². The lowest BCUT2D eigenvalue weighted by Gasteiger charge is -2.32. The smallest absolute Gasteiger partial charge is 0.416 e. The highest BCUT2D eigenvalue weighted by Crippen LogP contribution is 2.39. The Bertz CT molecular complexity index is 4610. The number of hydrogen-bond donors (Lipinski definition) is 10. The van der Waals surface area contributed by atoms with Crippen LogP contribution in [0, 0.1) is 68.1 Å². The highest BCUT2D eigenvalue weighted by atomic mass is 32.2. The van der Waals surface area contributed by atoms with Crippen LogP contribution in [0.5, 0.6) is 11.5 Å². The highest BCUT2D eigenvalue weighted by Gasteiger charge is 2.34. The molecule has 0 radical (unpaired) electrons. The molecule has 7 aliphatic rings. The number of nitrogens with zero attached hydrogens (tertiary/aromatic N) is 1. The third-order valence-electron chi connectivity index (χ3n) is 27.3. The number of oxazole rings is 1. The minimum absolute atomic E-state index is 0.231. The Labute approximate surface area is 860 Å². The van der Waals surface area contributed by atoms with E-state index in [1.54, 1.807) is 94.7 Å². The molecule has 7 aromatic rings. The number of thiophene rings is 1. The molecule has 15 N–H and O–H groups in total.